The van der Waals surface area contributed by atoms with Gasteiger partial charge in [-0.15, -0.1) is 0 Å². The Morgan fingerprint density at radius 2 is 1.79 bits per heavy atom. The van der Waals surface area contributed by atoms with Crippen LogP contribution in [0.5, 0.6) is 5.75 Å². The molecule has 29 heavy (non-hydrogen) atoms. The number of benzene rings is 2. The third kappa shape index (κ3) is 6.74. The summed E-state index contributed by atoms with van der Waals surface area (Å²) in [5.74, 6) is -0.579. The number of hydrogen-bond acceptors (Lipinski definition) is 6. The van der Waals surface area contributed by atoms with Gasteiger partial charge in [0.25, 0.3) is 5.91 Å². The van der Waals surface area contributed by atoms with Crippen LogP contribution in [0.4, 0.5) is 5.69 Å². The lowest BCUT2D eigenvalue weighted by molar-refractivity contribution is -0.147. The van der Waals surface area contributed by atoms with Crippen molar-refractivity contribution >= 4 is 39.2 Å². The molecule has 0 bridgehead atoms. The van der Waals surface area contributed by atoms with Crippen molar-refractivity contribution in [3.8, 4) is 5.75 Å². The Labute approximate surface area is 174 Å². The highest BCUT2D eigenvalue weighted by Gasteiger charge is 2.21. The molecule has 0 aliphatic rings. The van der Waals surface area contributed by atoms with Gasteiger partial charge in [0.05, 0.1) is 18.1 Å². The van der Waals surface area contributed by atoms with E-state index >= 15 is 0 Å². The predicted molar refractivity (Wildman–Crippen MR) is 108 cm³/mol. The average Bonchev–Trinajstić information content (AvgIpc) is 2.68. The third-order valence-corrected chi connectivity index (χ3v) is 5.95. The van der Waals surface area contributed by atoms with E-state index in [-0.39, 0.29) is 28.6 Å². The minimum atomic E-state index is -3.77. The Hall–Kier alpha value is -2.62. The molecule has 10 heteroatoms. The molecule has 8 nitrogen and oxygen atoms in total. The maximum Gasteiger partial charge on any atom is 0.309 e. The molecule has 2 aromatic carbocycles. The Balaban J connectivity index is 1.84. The molecule has 1 N–H and O–H groups in total. The van der Waals surface area contributed by atoms with Gasteiger partial charge >= 0.3 is 5.97 Å². The molecular formula is C19H21ClN2O6S. The van der Waals surface area contributed by atoms with Gasteiger partial charge < -0.3 is 14.8 Å². The zero-order chi connectivity index (χ0) is 21.4. The van der Waals surface area contributed by atoms with Crippen LogP contribution in [-0.4, -0.2) is 51.9 Å². The van der Waals surface area contributed by atoms with Crippen molar-refractivity contribution in [1.82, 2.24) is 4.31 Å². The minimum Gasteiger partial charge on any atom is -0.493 e. The van der Waals surface area contributed by atoms with Gasteiger partial charge in [-0.3, -0.25) is 9.59 Å². The van der Waals surface area contributed by atoms with E-state index in [2.05, 4.69) is 5.32 Å². The van der Waals surface area contributed by atoms with Gasteiger partial charge in [0.15, 0.2) is 6.61 Å². The number of nitrogens with zero attached hydrogens (tertiary/aromatic N) is 1. The molecule has 2 rings (SSSR count). The summed E-state index contributed by atoms with van der Waals surface area (Å²) in [6.45, 7) is -0.393. The highest BCUT2D eigenvalue weighted by Crippen LogP contribution is 2.26. The average molecular weight is 441 g/mol. The number of nitrogens with one attached hydrogen (secondary N) is 1. The van der Waals surface area contributed by atoms with Gasteiger partial charge in [0, 0.05) is 19.8 Å². The number of para-hydroxylation sites is 1. The lowest BCUT2D eigenvalue weighted by Gasteiger charge is -2.14. The quantitative estimate of drug-likeness (QED) is 0.601. The molecule has 0 saturated carbocycles. The third-order valence-electron chi connectivity index (χ3n) is 3.66. The van der Waals surface area contributed by atoms with Crippen LogP contribution in [0.15, 0.2) is 53.4 Å². The van der Waals surface area contributed by atoms with Crippen LogP contribution >= 0.6 is 11.6 Å². The molecular weight excluding hydrogens is 420 g/mol. The Kier molecular flexibility index (Phi) is 8.00. The van der Waals surface area contributed by atoms with Gasteiger partial charge in [0.2, 0.25) is 10.0 Å². The fraction of sp³-hybridized carbons (Fsp3) is 0.263. The van der Waals surface area contributed by atoms with Gasteiger partial charge in [-0.2, -0.15) is 0 Å². The molecule has 0 unspecified atom stereocenters. The lowest BCUT2D eigenvalue weighted by atomic mass is 10.3. The smallest absolute Gasteiger partial charge is 0.309 e. The lowest BCUT2D eigenvalue weighted by Crippen LogP contribution is -2.24. The van der Waals surface area contributed by atoms with Crippen molar-refractivity contribution in [2.45, 2.75) is 11.3 Å². The second-order valence-corrected chi connectivity index (χ2v) is 8.58. The summed E-state index contributed by atoms with van der Waals surface area (Å²) >= 11 is 5.96. The van der Waals surface area contributed by atoms with Gasteiger partial charge in [-0.1, -0.05) is 29.8 Å². The number of amides is 1. The molecule has 1 amide bonds. The highest BCUT2D eigenvalue weighted by atomic mass is 35.5. The summed E-state index contributed by atoms with van der Waals surface area (Å²) < 4.78 is 35.8. The molecule has 0 aromatic heterocycles. The fourth-order valence-electron chi connectivity index (χ4n) is 2.16. The molecule has 0 saturated heterocycles. The van der Waals surface area contributed by atoms with E-state index in [1.54, 1.807) is 12.1 Å². The van der Waals surface area contributed by atoms with Crippen molar-refractivity contribution in [3.05, 3.63) is 53.6 Å². The van der Waals surface area contributed by atoms with Crippen LogP contribution in [0.2, 0.25) is 5.02 Å². The predicted octanol–water partition coefficient (Wildman–Crippen LogP) is 2.54. The Bertz CT molecular complexity index is 964. The van der Waals surface area contributed by atoms with Crippen LogP contribution < -0.4 is 10.1 Å². The largest absolute Gasteiger partial charge is 0.493 e. The second kappa shape index (κ2) is 10.2. The first kappa shape index (κ1) is 22.7. The molecule has 0 aliphatic heterocycles. The summed E-state index contributed by atoms with van der Waals surface area (Å²) in [7, 11) is -1.03. The van der Waals surface area contributed by atoms with E-state index in [9.17, 15) is 18.0 Å². The summed E-state index contributed by atoms with van der Waals surface area (Å²) in [6.07, 6.45) is -0.0195. The number of carbonyl (C=O) groups excluding carboxylic acids is 2. The van der Waals surface area contributed by atoms with E-state index in [0.29, 0.717) is 5.75 Å². The standard InChI is InChI=1S/C19H21ClN2O6S/c1-22(2)29(25,26)17-12-14(8-9-16(17)20)21-18(23)13-28-19(24)10-11-27-15-6-4-3-5-7-15/h3-9,12H,10-11,13H2,1-2H3,(H,21,23). The topological polar surface area (TPSA) is 102 Å². The number of halogens is 1. The van der Waals surface area contributed by atoms with Crippen molar-refractivity contribution in [1.29, 1.82) is 0 Å². The molecule has 156 valence electrons. The molecule has 0 atom stereocenters. The van der Waals surface area contributed by atoms with Crippen LogP contribution in [0.1, 0.15) is 6.42 Å². The number of anilines is 1. The fourth-order valence-corrected chi connectivity index (χ4v) is 3.55. The summed E-state index contributed by atoms with van der Waals surface area (Å²) in [5, 5.41) is 2.50. The molecule has 0 spiro atoms. The number of hydrogen-bond donors (Lipinski definition) is 1. The summed E-state index contributed by atoms with van der Waals surface area (Å²) in [5.41, 5.74) is 0.211. The second-order valence-electron chi connectivity index (χ2n) is 6.05. The Morgan fingerprint density at radius 1 is 1.10 bits per heavy atom. The van der Waals surface area contributed by atoms with E-state index < -0.39 is 28.5 Å². The van der Waals surface area contributed by atoms with E-state index in [0.717, 1.165) is 4.31 Å². The zero-order valence-corrected chi connectivity index (χ0v) is 17.5. The van der Waals surface area contributed by atoms with E-state index in [1.807, 2.05) is 18.2 Å². The highest BCUT2D eigenvalue weighted by molar-refractivity contribution is 7.89. The number of sulfonamides is 1. The van der Waals surface area contributed by atoms with Gasteiger partial charge in [-0.05, 0) is 30.3 Å². The number of esters is 1. The molecule has 0 aliphatic carbocycles. The van der Waals surface area contributed by atoms with Gasteiger partial charge in [0.1, 0.15) is 10.6 Å². The molecule has 2 aromatic rings. The maximum atomic E-state index is 12.3. The monoisotopic (exact) mass is 440 g/mol. The zero-order valence-electron chi connectivity index (χ0n) is 15.9. The van der Waals surface area contributed by atoms with Crippen LogP contribution in [0, 0.1) is 0 Å². The van der Waals surface area contributed by atoms with Crippen LogP contribution in [0.25, 0.3) is 0 Å². The number of carbonyl (C=O) groups is 2. The normalized spacial score (nSPS) is 11.2. The Morgan fingerprint density at radius 3 is 2.45 bits per heavy atom. The van der Waals surface area contributed by atoms with Crippen LogP contribution in [-0.2, 0) is 24.3 Å². The number of rotatable bonds is 9. The maximum absolute atomic E-state index is 12.3. The number of ether oxygens (including phenoxy) is 2. The van der Waals surface area contributed by atoms with Crippen molar-refractivity contribution in [2.75, 3.05) is 32.6 Å². The molecule has 0 fully saturated rings. The SMILES string of the molecule is CN(C)S(=O)(=O)c1cc(NC(=O)COC(=O)CCOc2ccccc2)ccc1Cl. The first-order chi connectivity index (χ1) is 13.7. The first-order valence-corrected chi connectivity index (χ1v) is 10.4. The molecule has 0 radical (unpaired) electrons. The summed E-state index contributed by atoms with van der Waals surface area (Å²) in [4.78, 5) is 23.5. The summed E-state index contributed by atoms with van der Waals surface area (Å²) in [6, 6.07) is 13.0. The van der Waals surface area contributed by atoms with Gasteiger partial charge in [-0.25, -0.2) is 12.7 Å². The molecule has 0 heterocycles. The van der Waals surface area contributed by atoms with E-state index in [4.69, 9.17) is 21.1 Å². The van der Waals surface area contributed by atoms with Crippen LogP contribution in [0.3, 0.4) is 0 Å². The van der Waals surface area contributed by atoms with Crippen molar-refractivity contribution in [2.24, 2.45) is 0 Å². The first-order valence-electron chi connectivity index (χ1n) is 8.55. The van der Waals surface area contributed by atoms with Crippen molar-refractivity contribution < 1.29 is 27.5 Å². The minimum absolute atomic E-state index is 0.0195. The van der Waals surface area contributed by atoms with Crippen molar-refractivity contribution in [3.63, 3.8) is 0 Å². The van der Waals surface area contributed by atoms with E-state index in [1.165, 1.54) is 32.3 Å².